The largest absolute Gasteiger partial charge is 0.397 e. The standard InChI is InChI=1S/C22H23N3OS3/c1-3-4-10-28-22-19(23)18-16(15-7-5-14(6-8-15)13(2)26)12-17(25-21(18)29-22)20-24-9-11-27-20/h5-9,11-13,26H,3-4,10,23H2,1-2H3. The number of unbranched alkanes of at least 4 members (excludes halogenated alkanes) is 1. The number of nitrogens with two attached hydrogens (primary N) is 1. The van der Waals surface area contributed by atoms with Gasteiger partial charge in [-0.25, -0.2) is 9.97 Å². The number of nitrogen functional groups attached to an aromatic ring is 1. The lowest BCUT2D eigenvalue weighted by Crippen LogP contribution is -1.93. The molecular weight excluding hydrogens is 418 g/mol. The van der Waals surface area contributed by atoms with Crippen LogP contribution in [0.2, 0.25) is 0 Å². The highest BCUT2D eigenvalue weighted by Crippen LogP contribution is 2.45. The monoisotopic (exact) mass is 441 g/mol. The fraction of sp³-hybridized carbons (Fsp3) is 0.273. The molecule has 0 spiro atoms. The highest BCUT2D eigenvalue weighted by atomic mass is 32.2. The maximum atomic E-state index is 9.84. The van der Waals surface area contributed by atoms with Gasteiger partial charge < -0.3 is 10.8 Å². The number of pyridine rings is 1. The summed E-state index contributed by atoms with van der Waals surface area (Å²) in [7, 11) is 0. The summed E-state index contributed by atoms with van der Waals surface area (Å²) in [6.07, 6.45) is 3.66. The van der Waals surface area contributed by atoms with Crippen molar-refractivity contribution < 1.29 is 5.11 Å². The van der Waals surface area contributed by atoms with Gasteiger partial charge in [0.2, 0.25) is 0 Å². The summed E-state index contributed by atoms with van der Waals surface area (Å²) in [5.74, 6) is 1.06. The third-order valence-corrected chi connectivity index (χ3v) is 8.02. The van der Waals surface area contributed by atoms with E-state index in [0.717, 1.165) is 53.3 Å². The second-order valence-electron chi connectivity index (χ2n) is 6.88. The SMILES string of the molecule is CCCCSc1sc2nc(-c3nccs3)cc(-c3ccc(C(C)O)cc3)c2c1N. The molecule has 3 N–H and O–H groups in total. The molecule has 0 radical (unpaired) electrons. The van der Waals surface area contributed by atoms with Crippen LogP contribution in [-0.2, 0) is 0 Å². The van der Waals surface area contributed by atoms with Crippen LogP contribution in [0.5, 0.6) is 0 Å². The maximum Gasteiger partial charge on any atom is 0.141 e. The van der Waals surface area contributed by atoms with E-state index in [2.05, 4.69) is 18.0 Å². The fourth-order valence-electron chi connectivity index (χ4n) is 3.15. The molecule has 4 rings (SSSR count). The number of aliphatic hydroxyl groups excluding tert-OH is 1. The number of fused-ring (bicyclic) bond motifs is 1. The molecule has 3 heterocycles. The van der Waals surface area contributed by atoms with Crippen molar-refractivity contribution >= 4 is 50.3 Å². The first-order valence-corrected chi connectivity index (χ1v) is 12.3. The van der Waals surface area contributed by atoms with Crippen molar-refractivity contribution in [2.75, 3.05) is 11.5 Å². The number of aliphatic hydroxyl groups is 1. The molecule has 29 heavy (non-hydrogen) atoms. The Labute approximate surface area is 182 Å². The normalized spacial score (nSPS) is 12.5. The van der Waals surface area contributed by atoms with E-state index in [-0.39, 0.29) is 0 Å². The van der Waals surface area contributed by atoms with Crippen molar-refractivity contribution in [2.45, 2.75) is 37.0 Å². The molecule has 1 unspecified atom stereocenters. The van der Waals surface area contributed by atoms with Crippen LogP contribution in [0.3, 0.4) is 0 Å². The van der Waals surface area contributed by atoms with Crippen LogP contribution >= 0.6 is 34.4 Å². The van der Waals surface area contributed by atoms with E-state index >= 15 is 0 Å². The molecule has 0 bridgehead atoms. The van der Waals surface area contributed by atoms with E-state index in [9.17, 15) is 5.11 Å². The van der Waals surface area contributed by atoms with E-state index < -0.39 is 6.10 Å². The van der Waals surface area contributed by atoms with E-state index in [0.29, 0.717) is 0 Å². The predicted molar refractivity (Wildman–Crippen MR) is 127 cm³/mol. The van der Waals surface area contributed by atoms with E-state index in [1.54, 1.807) is 35.8 Å². The molecule has 0 aliphatic carbocycles. The second kappa shape index (κ2) is 8.83. The van der Waals surface area contributed by atoms with E-state index in [1.807, 2.05) is 41.4 Å². The van der Waals surface area contributed by atoms with Crippen LogP contribution in [0.25, 0.3) is 32.0 Å². The second-order valence-corrected chi connectivity index (χ2v) is 10.1. The smallest absolute Gasteiger partial charge is 0.141 e. The Balaban J connectivity index is 1.87. The van der Waals surface area contributed by atoms with Crippen LogP contribution in [0.15, 0.2) is 46.1 Å². The quantitative estimate of drug-likeness (QED) is 0.249. The number of hydrogen-bond donors (Lipinski definition) is 2. The van der Waals surface area contributed by atoms with E-state index in [1.165, 1.54) is 12.8 Å². The number of hydrogen-bond acceptors (Lipinski definition) is 7. The van der Waals surface area contributed by atoms with Gasteiger partial charge in [0.15, 0.2) is 0 Å². The van der Waals surface area contributed by atoms with Gasteiger partial charge in [-0.1, -0.05) is 37.6 Å². The third-order valence-electron chi connectivity index (χ3n) is 4.75. The summed E-state index contributed by atoms with van der Waals surface area (Å²) in [4.78, 5) is 10.3. The minimum absolute atomic E-state index is 0.486. The summed E-state index contributed by atoms with van der Waals surface area (Å²) in [5, 5.41) is 13.7. The summed E-state index contributed by atoms with van der Waals surface area (Å²) in [6.45, 7) is 3.97. The first-order valence-electron chi connectivity index (χ1n) is 9.62. The third kappa shape index (κ3) is 4.19. The summed E-state index contributed by atoms with van der Waals surface area (Å²) < 4.78 is 1.14. The van der Waals surface area contributed by atoms with Gasteiger partial charge in [0.1, 0.15) is 15.5 Å². The molecule has 7 heteroatoms. The number of thiophene rings is 1. The first-order chi connectivity index (χ1) is 14.1. The van der Waals surface area contributed by atoms with Crippen LogP contribution in [0, 0.1) is 0 Å². The minimum atomic E-state index is -0.486. The Hall–Kier alpha value is -1.93. The molecule has 0 aliphatic heterocycles. The van der Waals surface area contributed by atoms with Gasteiger partial charge in [-0.2, -0.15) is 0 Å². The average Bonchev–Trinajstić information content (AvgIpc) is 3.36. The van der Waals surface area contributed by atoms with Crippen molar-refractivity contribution in [3.63, 3.8) is 0 Å². The average molecular weight is 442 g/mol. The molecule has 1 atom stereocenters. The topological polar surface area (TPSA) is 72.0 Å². The molecule has 150 valence electrons. The Morgan fingerprint density at radius 2 is 2.03 bits per heavy atom. The van der Waals surface area contributed by atoms with Crippen molar-refractivity contribution in [1.29, 1.82) is 0 Å². The Bertz CT molecular complexity index is 1100. The van der Waals surface area contributed by atoms with Gasteiger partial charge in [0, 0.05) is 17.0 Å². The Morgan fingerprint density at radius 3 is 2.69 bits per heavy atom. The number of aromatic nitrogens is 2. The highest BCUT2D eigenvalue weighted by Gasteiger charge is 2.19. The maximum absolute atomic E-state index is 9.84. The molecule has 4 nitrogen and oxygen atoms in total. The van der Waals surface area contributed by atoms with Gasteiger partial charge in [-0.05, 0) is 41.9 Å². The van der Waals surface area contributed by atoms with Crippen molar-refractivity contribution in [3.05, 3.63) is 47.5 Å². The molecule has 0 fully saturated rings. The summed E-state index contributed by atoms with van der Waals surface area (Å²) in [5.41, 5.74) is 11.3. The predicted octanol–water partition coefficient (Wildman–Crippen LogP) is 6.61. The van der Waals surface area contributed by atoms with Crippen LogP contribution < -0.4 is 5.73 Å². The number of benzene rings is 1. The first kappa shape index (κ1) is 20.3. The molecule has 3 aromatic heterocycles. The van der Waals surface area contributed by atoms with E-state index in [4.69, 9.17) is 10.7 Å². The molecule has 4 aromatic rings. The zero-order chi connectivity index (χ0) is 20.4. The van der Waals surface area contributed by atoms with Gasteiger partial charge in [0.25, 0.3) is 0 Å². The summed E-state index contributed by atoms with van der Waals surface area (Å²) in [6, 6.07) is 10.1. The van der Waals surface area contributed by atoms with Gasteiger partial charge >= 0.3 is 0 Å². The minimum Gasteiger partial charge on any atom is -0.397 e. The molecule has 0 aliphatic rings. The summed E-state index contributed by atoms with van der Waals surface area (Å²) >= 11 is 5.07. The van der Waals surface area contributed by atoms with Crippen molar-refractivity contribution in [1.82, 2.24) is 9.97 Å². The number of thiazole rings is 1. The number of nitrogens with zero attached hydrogens (tertiary/aromatic N) is 2. The van der Waals surface area contributed by atoms with Crippen LogP contribution in [-0.4, -0.2) is 20.8 Å². The lowest BCUT2D eigenvalue weighted by Gasteiger charge is -2.10. The van der Waals surface area contributed by atoms with Gasteiger partial charge in [-0.3, -0.25) is 0 Å². The molecule has 0 amide bonds. The lowest BCUT2D eigenvalue weighted by molar-refractivity contribution is 0.199. The zero-order valence-electron chi connectivity index (χ0n) is 16.4. The van der Waals surface area contributed by atoms with Crippen LogP contribution in [0.4, 0.5) is 5.69 Å². The Kier molecular flexibility index (Phi) is 6.20. The number of thioether (sulfide) groups is 1. The van der Waals surface area contributed by atoms with Crippen molar-refractivity contribution in [2.24, 2.45) is 0 Å². The molecule has 1 aromatic carbocycles. The molecule has 0 saturated carbocycles. The van der Waals surface area contributed by atoms with Crippen LogP contribution in [0.1, 0.15) is 38.4 Å². The zero-order valence-corrected chi connectivity index (χ0v) is 18.8. The molecule has 0 saturated heterocycles. The van der Waals surface area contributed by atoms with Crippen molar-refractivity contribution in [3.8, 4) is 21.8 Å². The van der Waals surface area contributed by atoms with Gasteiger partial charge in [-0.15, -0.1) is 34.4 Å². The molecular formula is C22H23N3OS3. The fourth-order valence-corrected chi connectivity index (χ4v) is 6.20. The van der Waals surface area contributed by atoms with Gasteiger partial charge in [0.05, 0.1) is 16.0 Å². The lowest BCUT2D eigenvalue weighted by atomic mass is 9.99. The highest BCUT2D eigenvalue weighted by molar-refractivity contribution is 8.01. The number of anilines is 1. The Morgan fingerprint density at radius 1 is 1.24 bits per heavy atom. The number of rotatable bonds is 7.